The molecule has 1 aromatic rings. The zero-order chi connectivity index (χ0) is 15.0. The zero-order valence-electron chi connectivity index (χ0n) is 11.6. The van der Waals surface area contributed by atoms with Crippen molar-refractivity contribution in [2.75, 3.05) is 0 Å². The molecule has 2 aliphatic carbocycles. The van der Waals surface area contributed by atoms with Gasteiger partial charge in [-0.25, -0.2) is 0 Å². The van der Waals surface area contributed by atoms with Gasteiger partial charge in [0.25, 0.3) is 0 Å². The first-order valence-corrected chi connectivity index (χ1v) is 8.13. The number of carboxylic acids is 1. The minimum Gasteiger partial charge on any atom is -0.481 e. The van der Waals surface area contributed by atoms with Crippen LogP contribution in [0.1, 0.15) is 37.3 Å². The molecule has 4 nitrogen and oxygen atoms in total. The van der Waals surface area contributed by atoms with Crippen LogP contribution in [0.5, 0.6) is 0 Å². The van der Waals surface area contributed by atoms with Gasteiger partial charge in [-0.3, -0.25) is 9.59 Å². The molecule has 2 N–H and O–H groups in total. The largest absolute Gasteiger partial charge is 0.481 e. The van der Waals surface area contributed by atoms with E-state index in [0.29, 0.717) is 11.8 Å². The predicted octanol–water partition coefficient (Wildman–Crippen LogP) is 3.13. The maximum absolute atomic E-state index is 12.3. The highest BCUT2D eigenvalue weighted by Gasteiger charge is 2.56. The Hall–Kier alpha value is -1.36. The lowest BCUT2D eigenvalue weighted by molar-refractivity contribution is -0.137. The van der Waals surface area contributed by atoms with Crippen LogP contribution in [0.3, 0.4) is 0 Å². The van der Waals surface area contributed by atoms with Crippen LogP contribution in [0.4, 0.5) is 0 Å². The summed E-state index contributed by atoms with van der Waals surface area (Å²) >= 11 is 3.36. The highest BCUT2D eigenvalue weighted by atomic mass is 79.9. The smallest absolute Gasteiger partial charge is 0.305 e. The monoisotopic (exact) mass is 351 g/mol. The van der Waals surface area contributed by atoms with Gasteiger partial charge in [-0.15, -0.1) is 0 Å². The minimum atomic E-state index is -0.904. The molecule has 0 heterocycles. The molecule has 0 bridgehead atoms. The van der Waals surface area contributed by atoms with Gasteiger partial charge in [-0.2, -0.15) is 0 Å². The summed E-state index contributed by atoms with van der Waals surface area (Å²) in [7, 11) is 0. The van der Waals surface area contributed by atoms with E-state index >= 15 is 0 Å². The number of hydrogen-bond acceptors (Lipinski definition) is 2. The molecular weight excluding hydrogens is 334 g/mol. The first-order chi connectivity index (χ1) is 10.1. The zero-order valence-corrected chi connectivity index (χ0v) is 13.2. The van der Waals surface area contributed by atoms with Crippen molar-refractivity contribution in [1.29, 1.82) is 0 Å². The molecule has 0 saturated heterocycles. The van der Waals surface area contributed by atoms with Crippen LogP contribution in [0, 0.1) is 17.8 Å². The van der Waals surface area contributed by atoms with Gasteiger partial charge in [0.15, 0.2) is 0 Å². The molecule has 2 saturated carbocycles. The predicted molar refractivity (Wildman–Crippen MR) is 81.6 cm³/mol. The Kier molecular flexibility index (Phi) is 4.02. The van der Waals surface area contributed by atoms with Gasteiger partial charge in [0, 0.05) is 10.4 Å². The second-order valence-electron chi connectivity index (χ2n) is 5.99. The molecule has 112 valence electrons. The number of carboxylic acid groups (broad SMARTS) is 1. The summed E-state index contributed by atoms with van der Waals surface area (Å²) < 4.78 is 0.934. The average Bonchev–Trinajstić information content (AvgIpc) is 2.92. The summed E-state index contributed by atoms with van der Waals surface area (Å²) in [4.78, 5) is 23.4. The number of amides is 1. The van der Waals surface area contributed by atoms with Gasteiger partial charge in [0.1, 0.15) is 0 Å². The molecule has 0 aromatic heterocycles. The Bertz CT molecular complexity index is 547. The Labute approximate surface area is 132 Å². The van der Waals surface area contributed by atoms with E-state index < -0.39 is 12.0 Å². The molecule has 0 spiro atoms. The number of rotatable bonds is 5. The third-order valence-electron chi connectivity index (χ3n) is 4.68. The van der Waals surface area contributed by atoms with E-state index in [1.54, 1.807) is 0 Å². The molecule has 5 heteroatoms. The normalized spacial score (nSPS) is 27.8. The number of nitrogens with one attached hydrogen (secondary N) is 1. The van der Waals surface area contributed by atoms with Gasteiger partial charge < -0.3 is 10.4 Å². The van der Waals surface area contributed by atoms with E-state index in [-0.39, 0.29) is 18.2 Å². The highest BCUT2D eigenvalue weighted by molar-refractivity contribution is 9.10. The fraction of sp³-hybridized carbons (Fsp3) is 0.500. The van der Waals surface area contributed by atoms with Gasteiger partial charge in [-0.05, 0) is 42.4 Å². The van der Waals surface area contributed by atoms with Crippen molar-refractivity contribution in [2.45, 2.75) is 31.7 Å². The van der Waals surface area contributed by atoms with Gasteiger partial charge in [0.05, 0.1) is 12.5 Å². The fourth-order valence-corrected chi connectivity index (χ4v) is 3.86. The average molecular weight is 352 g/mol. The summed E-state index contributed by atoms with van der Waals surface area (Å²) in [5, 5.41) is 12.0. The second kappa shape index (κ2) is 5.79. The summed E-state index contributed by atoms with van der Waals surface area (Å²) in [5.41, 5.74) is 0.833. The number of fused-ring (bicyclic) bond motifs is 1. The lowest BCUT2D eigenvalue weighted by atomic mass is 10.0. The molecule has 3 atom stereocenters. The quantitative estimate of drug-likeness (QED) is 0.856. The van der Waals surface area contributed by atoms with Crippen LogP contribution in [0.2, 0.25) is 0 Å². The first kappa shape index (κ1) is 14.6. The first-order valence-electron chi connectivity index (χ1n) is 7.34. The van der Waals surface area contributed by atoms with Crippen molar-refractivity contribution in [3.05, 3.63) is 34.3 Å². The van der Waals surface area contributed by atoms with E-state index in [9.17, 15) is 9.59 Å². The molecule has 1 aromatic carbocycles. The summed E-state index contributed by atoms with van der Waals surface area (Å²) in [6.45, 7) is 0. The molecule has 2 aliphatic rings. The summed E-state index contributed by atoms with van der Waals surface area (Å²) in [5.74, 6) is 0.323. The number of benzene rings is 1. The van der Waals surface area contributed by atoms with Crippen LogP contribution < -0.4 is 5.32 Å². The number of carbonyl (C=O) groups excluding carboxylic acids is 1. The number of aliphatic carboxylic acids is 1. The number of carbonyl (C=O) groups is 2. The Morgan fingerprint density at radius 1 is 1.24 bits per heavy atom. The Morgan fingerprint density at radius 2 is 1.86 bits per heavy atom. The minimum absolute atomic E-state index is 0.0267. The van der Waals surface area contributed by atoms with Crippen LogP contribution in [-0.2, 0) is 9.59 Å². The highest BCUT2D eigenvalue weighted by Crippen LogP contribution is 2.57. The van der Waals surface area contributed by atoms with Crippen LogP contribution in [-0.4, -0.2) is 17.0 Å². The molecular formula is C16H18BrNO3. The van der Waals surface area contributed by atoms with Crippen molar-refractivity contribution in [1.82, 2.24) is 5.32 Å². The molecule has 1 amide bonds. The van der Waals surface area contributed by atoms with Crippen LogP contribution in [0.25, 0.3) is 0 Å². The van der Waals surface area contributed by atoms with Crippen molar-refractivity contribution >= 4 is 27.8 Å². The molecule has 0 radical (unpaired) electrons. The fourth-order valence-electron chi connectivity index (χ4n) is 3.60. The van der Waals surface area contributed by atoms with Crippen molar-refractivity contribution in [3.8, 4) is 0 Å². The lowest BCUT2D eigenvalue weighted by Gasteiger charge is -2.18. The maximum atomic E-state index is 12.3. The van der Waals surface area contributed by atoms with Gasteiger partial charge in [0.2, 0.25) is 5.91 Å². The maximum Gasteiger partial charge on any atom is 0.305 e. The van der Waals surface area contributed by atoms with E-state index in [1.165, 1.54) is 6.42 Å². The topological polar surface area (TPSA) is 66.4 Å². The molecule has 0 aliphatic heterocycles. The third kappa shape index (κ3) is 3.12. The van der Waals surface area contributed by atoms with Crippen molar-refractivity contribution < 1.29 is 14.7 Å². The second-order valence-corrected chi connectivity index (χ2v) is 6.91. The van der Waals surface area contributed by atoms with E-state index in [2.05, 4.69) is 21.2 Å². The van der Waals surface area contributed by atoms with E-state index in [1.807, 2.05) is 24.3 Å². The summed E-state index contributed by atoms with van der Waals surface area (Å²) in [6, 6.07) is 6.98. The molecule has 2 fully saturated rings. The lowest BCUT2D eigenvalue weighted by Crippen LogP contribution is -2.32. The van der Waals surface area contributed by atoms with E-state index in [0.717, 1.165) is 22.9 Å². The van der Waals surface area contributed by atoms with Gasteiger partial charge in [-0.1, -0.05) is 34.5 Å². The van der Waals surface area contributed by atoms with Crippen LogP contribution >= 0.6 is 15.9 Å². The number of halogens is 1. The van der Waals surface area contributed by atoms with Crippen LogP contribution in [0.15, 0.2) is 28.7 Å². The SMILES string of the molecule is O=C(O)CC(NC(=O)C1C2CCCC21)c1ccc(Br)cc1. The Morgan fingerprint density at radius 3 is 2.43 bits per heavy atom. The summed E-state index contributed by atoms with van der Waals surface area (Å²) in [6.07, 6.45) is 3.43. The number of hydrogen-bond donors (Lipinski definition) is 2. The molecule has 21 heavy (non-hydrogen) atoms. The van der Waals surface area contributed by atoms with Gasteiger partial charge >= 0.3 is 5.97 Å². The molecule has 3 unspecified atom stereocenters. The Balaban J connectivity index is 1.69. The van der Waals surface area contributed by atoms with E-state index in [4.69, 9.17) is 5.11 Å². The standard InChI is InChI=1S/C16H18BrNO3/c17-10-6-4-9(5-7-10)13(8-14(19)20)18-16(21)15-11-2-1-3-12(11)15/h4-7,11-13,15H,1-3,8H2,(H,18,21)(H,19,20). The molecule has 3 rings (SSSR count). The van der Waals surface area contributed by atoms with Crippen molar-refractivity contribution in [3.63, 3.8) is 0 Å². The van der Waals surface area contributed by atoms with Crippen molar-refractivity contribution in [2.24, 2.45) is 17.8 Å². The third-order valence-corrected chi connectivity index (χ3v) is 5.21.